The highest BCUT2D eigenvalue weighted by atomic mass is 16.5. The van der Waals surface area contributed by atoms with Crippen molar-refractivity contribution in [1.29, 1.82) is 0 Å². The highest BCUT2D eigenvalue weighted by Crippen LogP contribution is 2.30. The first-order valence-corrected chi connectivity index (χ1v) is 9.64. The number of nitrogens with zero attached hydrogens (tertiary/aromatic N) is 2. The molecule has 2 fully saturated rings. The molecule has 1 saturated carbocycles. The van der Waals surface area contributed by atoms with Crippen molar-refractivity contribution in [3.63, 3.8) is 0 Å². The summed E-state index contributed by atoms with van der Waals surface area (Å²) in [6.07, 6.45) is 6.73. The SMILES string of the molecule is COc1ccc(CCO[C@@H]2CCCC[C@H]2N2CC[C@H](N=O)C2)cc1OC. The van der Waals surface area contributed by atoms with Crippen molar-refractivity contribution in [2.75, 3.05) is 33.9 Å². The van der Waals surface area contributed by atoms with Crippen molar-refractivity contribution < 1.29 is 14.2 Å². The zero-order chi connectivity index (χ0) is 18.4. The van der Waals surface area contributed by atoms with Crippen molar-refractivity contribution in [2.24, 2.45) is 5.18 Å². The van der Waals surface area contributed by atoms with Crippen molar-refractivity contribution in [1.82, 2.24) is 4.90 Å². The van der Waals surface area contributed by atoms with Crippen LogP contribution in [-0.2, 0) is 11.2 Å². The van der Waals surface area contributed by atoms with E-state index in [1.807, 2.05) is 12.1 Å². The van der Waals surface area contributed by atoms with E-state index in [-0.39, 0.29) is 12.1 Å². The smallest absolute Gasteiger partial charge is 0.160 e. The van der Waals surface area contributed by atoms with Crippen LogP contribution in [0.4, 0.5) is 0 Å². The average molecular weight is 362 g/mol. The van der Waals surface area contributed by atoms with Crippen LogP contribution in [0, 0.1) is 4.91 Å². The van der Waals surface area contributed by atoms with Crippen LogP contribution in [0.15, 0.2) is 23.4 Å². The van der Waals surface area contributed by atoms with E-state index in [1.165, 1.54) is 18.4 Å². The quantitative estimate of drug-likeness (QED) is 0.663. The number of hydrogen-bond donors (Lipinski definition) is 0. The van der Waals surface area contributed by atoms with Crippen LogP contribution in [0.5, 0.6) is 11.5 Å². The molecule has 1 aliphatic heterocycles. The molecule has 1 aliphatic carbocycles. The van der Waals surface area contributed by atoms with Gasteiger partial charge in [-0.15, -0.1) is 0 Å². The van der Waals surface area contributed by atoms with Crippen molar-refractivity contribution >= 4 is 0 Å². The molecular formula is C20H30N2O4. The zero-order valence-electron chi connectivity index (χ0n) is 15.9. The largest absolute Gasteiger partial charge is 0.493 e. The van der Waals surface area contributed by atoms with Gasteiger partial charge in [-0.05, 0) is 43.4 Å². The predicted molar refractivity (Wildman–Crippen MR) is 101 cm³/mol. The summed E-state index contributed by atoms with van der Waals surface area (Å²) in [5.41, 5.74) is 1.18. The molecule has 0 amide bonds. The molecule has 3 atom stereocenters. The third kappa shape index (κ3) is 4.54. The van der Waals surface area contributed by atoms with E-state index >= 15 is 0 Å². The fourth-order valence-corrected chi connectivity index (χ4v) is 4.21. The van der Waals surface area contributed by atoms with E-state index in [9.17, 15) is 4.91 Å². The van der Waals surface area contributed by atoms with Crippen LogP contribution in [0.25, 0.3) is 0 Å². The molecule has 0 aromatic heterocycles. The molecule has 0 bridgehead atoms. The molecule has 1 aromatic rings. The summed E-state index contributed by atoms with van der Waals surface area (Å²) in [5, 5.41) is 3.24. The molecule has 1 aromatic carbocycles. The van der Waals surface area contributed by atoms with Gasteiger partial charge in [-0.1, -0.05) is 24.1 Å². The van der Waals surface area contributed by atoms with Gasteiger partial charge in [0.15, 0.2) is 11.5 Å². The predicted octanol–water partition coefficient (Wildman–Crippen LogP) is 3.41. The van der Waals surface area contributed by atoms with Gasteiger partial charge >= 0.3 is 0 Å². The Morgan fingerprint density at radius 3 is 2.65 bits per heavy atom. The highest BCUT2D eigenvalue weighted by molar-refractivity contribution is 5.42. The minimum absolute atomic E-state index is 0.0376. The molecule has 6 nitrogen and oxygen atoms in total. The monoisotopic (exact) mass is 362 g/mol. The molecule has 0 N–H and O–H groups in total. The van der Waals surface area contributed by atoms with Crippen LogP contribution in [0.2, 0.25) is 0 Å². The number of nitroso groups, excluding NO2 is 1. The average Bonchev–Trinajstić information content (AvgIpc) is 3.17. The molecule has 6 heteroatoms. The van der Waals surface area contributed by atoms with Crippen molar-refractivity contribution in [3.05, 3.63) is 28.7 Å². The van der Waals surface area contributed by atoms with E-state index in [0.29, 0.717) is 12.6 Å². The number of ether oxygens (including phenoxy) is 3. The van der Waals surface area contributed by atoms with Crippen LogP contribution in [-0.4, -0.2) is 57.0 Å². The molecule has 0 unspecified atom stereocenters. The van der Waals surface area contributed by atoms with Crippen LogP contribution in [0.3, 0.4) is 0 Å². The van der Waals surface area contributed by atoms with Gasteiger partial charge < -0.3 is 14.2 Å². The number of benzene rings is 1. The third-order valence-corrected chi connectivity index (χ3v) is 5.65. The lowest BCUT2D eigenvalue weighted by atomic mass is 9.91. The summed E-state index contributed by atoms with van der Waals surface area (Å²) in [5.74, 6) is 1.50. The molecule has 1 saturated heterocycles. The van der Waals surface area contributed by atoms with Crippen molar-refractivity contribution in [2.45, 2.75) is 56.7 Å². The number of methoxy groups -OCH3 is 2. The van der Waals surface area contributed by atoms with Gasteiger partial charge in [0, 0.05) is 19.1 Å². The Balaban J connectivity index is 1.53. The minimum atomic E-state index is -0.0376. The minimum Gasteiger partial charge on any atom is -0.493 e. The summed E-state index contributed by atoms with van der Waals surface area (Å²) in [4.78, 5) is 13.2. The molecule has 0 radical (unpaired) electrons. The van der Waals surface area contributed by atoms with Gasteiger partial charge in [-0.2, -0.15) is 4.91 Å². The van der Waals surface area contributed by atoms with Gasteiger partial charge in [0.1, 0.15) is 6.04 Å². The lowest BCUT2D eigenvalue weighted by molar-refractivity contribution is -0.0293. The first kappa shape index (κ1) is 19.1. The van der Waals surface area contributed by atoms with Crippen LogP contribution >= 0.6 is 0 Å². The Hall–Kier alpha value is -1.66. The fraction of sp³-hybridized carbons (Fsp3) is 0.700. The normalized spacial score (nSPS) is 26.6. The van der Waals surface area contributed by atoms with E-state index in [4.69, 9.17) is 14.2 Å². The van der Waals surface area contributed by atoms with E-state index in [2.05, 4.69) is 16.1 Å². The van der Waals surface area contributed by atoms with Gasteiger partial charge in [0.2, 0.25) is 0 Å². The Morgan fingerprint density at radius 2 is 1.92 bits per heavy atom. The van der Waals surface area contributed by atoms with Crippen LogP contribution in [0.1, 0.15) is 37.7 Å². The second-order valence-electron chi connectivity index (χ2n) is 7.24. The molecule has 2 aliphatic rings. The maximum Gasteiger partial charge on any atom is 0.160 e. The fourth-order valence-electron chi connectivity index (χ4n) is 4.21. The molecule has 3 rings (SSSR count). The summed E-state index contributed by atoms with van der Waals surface area (Å²) in [6.45, 7) is 2.46. The maximum atomic E-state index is 10.8. The van der Waals surface area contributed by atoms with Gasteiger partial charge in [-0.3, -0.25) is 4.90 Å². The molecular weight excluding hydrogens is 332 g/mol. The van der Waals surface area contributed by atoms with Crippen molar-refractivity contribution in [3.8, 4) is 11.5 Å². The Bertz CT molecular complexity index is 595. The van der Waals surface area contributed by atoms with Gasteiger partial charge in [0.05, 0.1) is 26.9 Å². The molecule has 26 heavy (non-hydrogen) atoms. The number of hydrogen-bond acceptors (Lipinski definition) is 6. The van der Waals surface area contributed by atoms with E-state index in [1.54, 1.807) is 14.2 Å². The molecule has 1 heterocycles. The number of rotatable bonds is 8. The third-order valence-electron chi connectivity index (χ3n) is 5.65. The summed E-state index contributed by atoms with van der Waals surface area (Å²) < 4.78 is 16.9. The lowest BCUT2D eigenvalue weighted by Crippen LogP contribution is -2.46. The second-order valence-corrected chi connectivity index (χ2v) is 7.24. The first-order chi connectivity index (χ1) is 12.7. The Morgan fingerprint density at radius 1 is 1.12 bits per heavy atom. The highest BCUT2D eigenvalue weighted by Gasteiger charge is 2.35. The Labute approximate surface area is 155 Å². The first-order valence-electron chi connectivity index (χ1n) is 9.64. The zero-order valence-corrected chi connectivity index (χ0v) is 15.9. The standard InChI is InChI=1S/C20H30N2O4/c1-24-19-8-7-15(13-20(19)25-2)10-12-26-18-6-4-3-5-17(18)22-11-9-16(14-22)21-23/h7-8,13,16-18H,3-6,9-12,14H2,1-2H3/t16-,17+,18+/m0/s1. The lowest BCUT2D eigenvalue weighted by Gasteiger charge is -2.37. The van der Waals surface area contributed by atoms with Gasteiger partial charge in [0.25, 0.3) is 0 Å². The Kier molecular flexibility index (Phi) is 6.86. The summed E-state index contributed by atoms with van der Waals surface area (Å²) >= 11 is 0. The van der Waals surface area contributed by atoms with E-state index in [0.717, 1.165) is 50.3 Å². The van der Waals surface area contributed by atoms with Crippen LogP contribution < -0.4 is 9.47 Å². The topological polar surface area (TPSA) is 60.4 Å². The molecule has 144 valence electrons. The maximum absolute atomic E-state index is 10.8. The number of likely N-dealkylation sites (tertiary alicyclic amines) is 1. The molecule has 0 spiro atoms. The van der Waals surface area contributed by atoms with E-state index < -0.39 is 0 Å². The second kappa shape index (κ2) is 9.33. The van der Waals surface area contributed by atoms with Gasteiger partial charge in [-0.25, -0.2) is 0 Å². The summed E-state index contributed by atoms with van der Waals surface area (Å²) in [6, 6.07) is 6.41. The summed E-state index contributed by atoms with van der Waals surface area (Å²) in [7, 11) is 3.30.